The van der Waals surface area contributed by atoms with Crippen molar-refractivity contribution < 1.29 is 31.9 Å². The zero-order chi connectivity index (χ0) is 22.6. The van der Waals surface area contributed by atoms with Crippen LogP contribution >= 0.6 is 0 Å². The average molecular weight is 437 g/mol. The fourth-order valence-corrected chi connectivity index (χ4v) is 3.15. The van der Waals surface area contributed by atoms with Crippen molar-refractivity contribution in [1.82, 2.24) is 5.32 Å². The zero-order valence-corrected chi connectivity index (χ0v) is 16.2. The smallest absolute Gasteiger partial charge is 0.347 e. The number of anilines is 2. The van der Waals surface area contributed by atoms with Gasteiger partial charge in [0.05, 0.1) is 12.3 Å². The molecule has 1 heterocycles. The monoisotopic (exact) mass is 437 g/mol. The van der Waals surface area contributed by atoms with E-state index in [2.05, 4.69) is 5.32 Å². The van der Waals surface area contributed by atoms with Gasteiger partial charge in [0.15, 0.2) is 0 Å². The number of hydrogen-bond donors (Lipinski definition) is 2. The topological polar surface area (TPSA) is 78.5 Å². The SMILES string of the molecule is O=C(Cc1ccc(NC(=O)[C@@H]2CC(=O)N(c3ccc(F)cc3)C2)cc1)NCC(F)(F)F. The summed E-state index contributed by atoms with van der Waals surface area (Å²) < 4.78 is 49.4. The van der Waals surface area contributed by atoms with Crippen LogP contribution in [0.15, 0.2) is 48.5 Å². The maximum absolute atomic E-state index is 13.1. The molecule has 0 aliphatic carbocycles. The highest BCUT2D eigenvalue weighted by molar-refractivity contribution is 6.03. The van der Waals surface area contributed by atoms with Crippen molar-refractivity contribution in [3.63, 3.8) is 0 Å². The van der Waals surface area contributed by atoms with Gasteiger partial charge in [-0.2, -0.15) is 13.2 Å². The number of rotatable bonds is 6. The highest BCUT2D eigenvalue weighted by Crippen LogP contribution is 2.26. The summed E-state index contributed by atoms with van der Waals surface area (Å²) in [4.78, 5) is 37.7. The van der Waals surface area contributed by atoms with Gasteiger partial charge in [-0.05, 0) is 42.0 Å². The van der Waals surface area contributed by atoms with Gasteiger partial charge in [0, 0.05) is 24.3 Å². The fourth-order valence-electron chi connectivity index (χ4n) is 3.15. The maximum Gasteiger partial charge on any atom is 0.405 e. The first-order valence-electron chi connectivity index (χ1n) is 9.40. The van der Waals surface area contributed by atoms with Gasteiger partial charge in [0.25, 0.3) is 0 Å². The molecule has 1 aliphatic heterocycles. The van der Waals surface area contributed by atoms with E-state index in [9.17, 15) is 31.9 Å². The van der Waals surface area contributed by atoms with Gasteiger partial charge in [0.2, 0.25) is 17.7 Å². The van der Waals surface area contributed by atoms with E-state index in [1.54, 1.807) is 5.32 Å². The quantitative estimate of drug-likeness (QED) is 0.682. The molecule has 1 atom stereocenters. The number of alkyl halides is 3. The highest BCUT2D eigenvalue weighted by Gasteiger charge is 2.35. The van der Waals surface area contributed by atoms with Gasteiger partial charge in [-0.3, -0.25) is 14.4 Å². The standard InChI is InChI=1S/C21H19F4N3O3/c22-15-3-7-17(8-4-15)28-11-14(10-19(28)30)20(31)27-16-5-1-13(2-6-16)9-18(29)26-12-21(23,24)25/h1-8,14H,9-12H2,(H,26,29)(H,27,31)/t14-/m1/s1. The molecule has 1 aliphatic rings. The molecule has 3 amide bonds. The summed E-state index contributed by atoms with van der Waals surface area (Å²) in [5, 5.41) is 4.47. The van der Waals surface area contributed by atoms with Gasteiger partial charge >= 0.3 is 6.18 Å². The van der Waals surface area contributed by atoms with Gasteiger partial charge in [-0.15, -0.1) is 0 Å². The number of nitrogens with one attached hydrogen (secondary N) is 2. The van der Waals surface area contributed by atoms with E-state index >= 15 is 0 Å². The summed E-state index contributed by atoms with van der Waals surface area (Å²) in [5.74, 6) is -2.39. The van der Waals surface area contributed by atoms with Crippen molar-refractivity contribution in [3.05, 3.63) is 59.9 Å². The van der Waals surface area contributed by atoms with Crippen molar-refractivity contribution in [3.8, 4) is 0 Å². The normalized spacial score (nSPS) is 16.3. The third-order valence-electron chi connectivity index (χ3n) is 4.71. The summed E-state index contributed by atoms with van der Waals surface area (Å²) in [6.07, 6.45) is -4.69. The van der Waals surface area contributed by atoms with Crippen LogP contribution in [0.25, 0.3) is 0 Å². The van der Waals surface area contributed by atoms with E-state index in [1.807, 2.05) is 0 Å². The van der Waals surface area contributed by atoms with Gasteiger partial charge < -0.3 is 15.5 Å². The summed E-state index contributed by atoms with van der Waals surface area (Å²) in [7, 11) is 0. The Morgan fingerprint density at radius 2 is 1.68 bits per heavy atom. The Bertz CT molecular complexity index is 959. The molecule has 1 fully saturated rings. The lowest BCUT2D eigenvalue weighted by molar-refractivity contribution is -0.138. The van der Waals surface area contributed by atoms with E-state index in [-0.39, 0.29) is 31.2 Å². The van der Waals surface area contributed by atoms with Crippen molar-refractivity contribution in [2.24, 2.45) is 5.92 Å². The number of amides is 3. The molecule has 0 spiro atoms. The molecule has 1 saturated heterocycles. The minimum Gasteiger partial charge on any atom is -0.347 e. The van der Waals surface area contributed by atoms with E-state index in [0.29, 0.717) is 16.9 Å². The van der Waals surface area contributed by atoms with Crippen LogP contribution in [0.3, 0.4) is 0 Å². The molecule has 0 saturated carbocycles. The van der Waals surface area contributed by atoms with Crippen molar-refractivity contribution >= 4 is 29.1 Å². The Balaban J connectivity index is 1.53. The maximum atomic E-state index is 13.1. The van der Waals surface area contributed by atoms with Crippen LogP contribution < -0.4 is 15.5 Å². The van der Waals surface area contributed by atoms with Crippen molar-refractivity contribution in [2.75, 3.05) is 23.3 Å². The van der Waals surface area contributed by atoms with Crippen LogP contribution in [0.5, 0.6) is 0 Å². The minimum atomic E-state index is -4.47. The Morgan fingerprint density at radius 3 is 2.29 bits per heavy atom. The molecule has 164 valence electrons. The second-order valence-corrected chi connectivity index (χ2v) is 7.14. The van der Waals surface area contributed by atoms with E-state index < -0.39 is 30.4 Å². The molecular weight excluding hydrogens is 418 g/mol. The predicted octanol–water partition coefficient (Wildman–Crippen LogP) is 3.04. The number of benzene rings is 2. The first kappa shape index (κ1) is 22.3. The molecule has 6 nitrogen and oxygen atoms in total. The summed E-state index contributed by atoms with van der Waals surface area (Å²) in [6.45, 7) is -1.23. The van der Waals surface area contributed by atoms with E-state index in [1.165, 1.54) is 53.4 Å². The minimum absolute atomic E-state index is 0.0146. The van der Waals surface area contributed by atoms with E-state index in [0.717, 1.165) is 0 Å². The molecule has 2 aromatic rings. The third kappa shape index (κ3) is 6.27. The molecule has 0 bridgehead atoms. The summed E-state index contributed by atoms with van der Waals surface area (Å²) in [6, 6.07) is 11.5. The van der Waals surface area contributed by atoms with E-state index in [4.69, 9.17) is 0 Å². The Morgan fingerprint density at radius 1 is 1.03 bits per heavy atom. The number of carbonyl (C=O) groups is 3. The zero-order valence-electron chi connectivity index (χ0n) is 16.2. The van der Waals surface area contributed by atoms with Crippen LogP contribution in [0.2, 0.25) is 0 Å². The molecule has 0 radical (unpaired) electrons. The molecule has 10 heteroatoms. The fraction of sp³-hybridized carbons (Fsp3) is 0.286. The van der Waals surface area contributed by atoms with Crippen LogP contribution in [0, 0.1) is 11.7 Å². The Hall–Kier alpha value is -3.43. The lowest BCUT2D eigenvalue weighted by Crippen LogP contribution is -2.34. The molecule has 0 aromatic heterocycles. The van der Waals surface area contributed by atoms with Crippen LogP contribution in [-0.4, -0.2) is 37.0 Å². The Kier molecular flexibility index (Phi) is 6.57. The number of halogens is 4. The number of hydrogen-bond acceptors (Lipinski definition) is 3. The highest BCUT2D eigenvalue weighted by atomic mass is 19.4. The van der Waals surface area contributed by atoms with Gasteiger partial charge in [-0.1, -0.05) is 12.1 Å². The van der Waals surface area contributed by atoms with Crippen LogP contribution in [-0.2, 0) is 20.8 Å². The van der Waals surface area contributed by atoms with Gasteiger partial charge in [0.1, 0.15) is 12.4 Å². The Labute approximate surface area is 175 Å². The summed E-state index contributed by atoms with van der Waals surface area (Å²) >= 11 is 0. The van der Waals surface area contributed by atoms with Crippen molar-refractivity contribution in [1.29, 1.82) is 0 Å². The molecule has 2 N–H and O–H groups in total. The second-order valence-electron chi connectivity index (χ2n) is 7.14. The molecule has 0 unspecified atom stereocenters. The summed E-state index contributed by atoms with van der Waals surface area (Å²) in [5.41, 5.74) is 1.42. The molecular formula is C21H19F4N3O3. The lowest BCUT2D eigenvalue weighted by atomic mass is 10.1. The number of nitrogens with zero attached hydrogens (tertiary/aromatic N) is 1. The molecule has 2 aromatic carbocycles. The molecule has 31 heavy (non-hydrogen) atoms. The van der Waals surface area contributed by atoms with Crippen LogP contribution in [0.1, 0.15) is 12.0 Å². The average Bonchev–Trinajstić information content (AvgIpc) is 3.10. The first-order chi connectivity index (χ1) is 14.6. The largest absolute Gasteiger partial charge is 0.405 e. The van der Waals surface area contributed by atoms with Crippen LogP contribution in [0.4, 0.5) is 28.9 Å². The second kappa shape index (κ2) is 9.15. The van der Waals surface area contributed by atoms with Crippen molar-refractivity contribution in [2.45, 2.75) is 19.0 Å². The number of carbonyl (C=O) groups excluding carboxylic acids is 3. The first-order valence-corrected chi connectivity index (χ1v) is 9.40. The van der Waals surface area contributed by atoms with Gasteiger partial charge in [-0.25, -0.2) is 4.39 Å². The molecule has 3 rings (SSSR count). The predicted molar refractivity (Wildman–Crippen MR) is 105 cm³/mol. The lowest BCUT2D eigenvalue weighted by Gasteiger charge is -2.16. The third-order valence-corrected chi connectivity index (χ3v) is 4.71.